The Hall–Kier alpha value is -2.88. The van der Waals surface area contributed by atoms with Crippen molar-refractivity contribution >= 4 is 22.4 Å². The molecular formula is C22H26N2O2. The number of nitrogens with one attached hydrogen (secondary N) is 1. The van der Waals surface area contributed by atoms with Crippen LogP contribution in [0.25, 0.3) is 22.0 Å². The number of aromatic nitrogens is 1. The molecule has 4 heteroatoms. The van der Waals surface area contributed by atoms with Crippen molar-refractivity contribution in [3.63, 3.8) is 0 Å². The Kier molecular flexibility index (Phi) is 5.98. The van der Waals surface area contributed by atoms with Crippen molar-refractivity contribution in [2.24, 2.45) is 7.05 Å². The second-order valence-electron chi connectivity index (χ2n) is 5.44. The quantitative estimate of drug-likeness (QED) is 0.534. The number of fused-ring (bicyclic) bond motifs is 2. The second-order valence-corrected chi connectivity index (χ2v) is 5.44. The van der Waals surface area contributed by atoms with Gasteiger partial charge in [0, 0.05) is 36.2 Å². The zero-order valence-electron chi connectivity index (χ0n) is 16.3. The fraction of sp³-hybridized carbons (Fsp3) is 0.273. The van der Waals surface area contributed by atoms with Crippen LogP contribution in [0.1, 0.15) is 43.6 Å². The van der Waals surface area contributed by atoms with Crippen LogP contribution in [0.4, 0.5) is 5.69 Å². The van der Waals surface area contributed by atoms with Crippen LogP contribution in [0.5, 0.6) is 0 Å². The summed E-state index contributed by atoms with van der Waals surface area (Å²) in [4.78, 5) is 25.4. The van der Waals surface area contributed by atoms with E-state index in [2.05, 4.69) is 5.32 Å². The highest BCUT2D eigenvalue weighted by molar-refractivity contribution is 6.26. The van der Waals surface area contributed by atoms with E-state index in [-0.39, 0.29) is 11.3 Å². The number of rotatable bonds is 1. The lowest BCUT2D eigenvalue weighted by Crippen LogP contribution is -2.24. The van der Waals surface area contributed by atoms with Gasteiger partial charge in [-0.15, -0.1) is 0 Å². The molecule has 0 radical (unpaired) electrons. The highest BCUT2D eigenvalue weighted by Gasteiger charge is 2.28. The van der Waals surface area contributed by atoms with E-state index in [4.69, 9.17) is 0 Å². The molecule has 0 saturated carbocycles. The molecule has 2 aromatic carbocycles. The van der Waals surface area contributed by atoms with Gasteiger partial charge in [-0.2, -0.15) is 0 Å². The molecule has 1 aromatic heterocycles. The average Bonchev–Trinajstić information content (AvgIpc) is 2.72. The molecule has 1 aliphatic rings. The van der Waals surface area contributed by atoms with Crippen molar-refractivity contribution in [1.82, 2.24) is 4.57 Å². The molecule has 0 atom stereocenters. The number of benzene rings is 2. The van der Waals surface area contributed by atoms with E-state index in [1.54, 1.807) is 18.7 Å². The minimum Gasteiger partial charge on any atom is -0.383 e. The third kappa shape index (κ3) is 2.71. The Balaban J connectivity index is 0.000000570. The lowest BCUT2D eigenvalue weighted by atomic mass is 9.83. The van der Waals surface area contributed by atoms with Gasteiger partial charge in [0.1, 0.15) is 5.69 Å². The Bertz CT molecular complexity index is 1020. The van der Waals surface area contributed by atoms with Crippen molar-refractivity contribution in [3.8, 4) is 11.1 Å². The summed E-state index contributed by atoms with van der Waals surface area (Å²) < 4.78 is 1.59. The van der Waals surface area contributed by atoms with Crippen LogP contribution in [0.15, 0.2) is 47.3 Å². The number of aryl methyl sites for hydroxylation is 1. The molecule has 1 aliphatic carbocycles. The van der Waals surface area contributed by atoms with Crippen LogP contribution < -0.4 is 10.9 Å². The van der Waals surface area contributed by atoms with E-state index >= 15 is 0 Å². The lowest BCUT2D eigenvalue weighted by molar-refractivity contribution is 0.104. The molecule has 1 N–H and O–H groups in total. The van der Waals surface area contributed by atoms with Gasteiger partial charge in [-0.3, -0.25) is 9.59 Å². The summed E-state index contributed by atoms with van der Waals surface area (Å²) in [6, 6.07) is 13.0. The van der Waals surface area contributed by atoms with Crippen molar-refractivity contribution in [3.05, 3.63) is 63.9 Å². The maximum Gasteiger partial charge on any atom is 0.274 e. The van der Waals surface area contributed by atoms with Gasteiger partial charge >= 0.3 is 0 Å². The Morgan fingerprint density at radius 3 is 2.00 bits per heavy atom. The SMILES string of the molecule is CC.CC.CNc1c2c3c(cccc3n(C)c1=O)C(=O)c1ccccc1-2. The highest BCUT2D eigenvalue weighted by atomic mass is 16.1. The minimum absolute atomic E-state index is 0.00871. The van der Waals surface area contributed by atoms with Gasteiger partial charge in [0.2, 0.25) is 0 Å². The predicted octanol–water partition coefficient (Wildman–Crippen LogP) is 4.84. The summed E-state index contributed by atoms with van der Waals surface area (Å²) in [7, 11) is 3.47. The second kappa shape index (κ2) is 8.00. The van der Waals surface area contributed by atoms with E-state index in [0.717, 1.165) is 22.0 Å². The number of pyridine rings is 1. The number of anilines is 1. The number of nitrogens with zero attached hydrogens (tertiary/aromatic N) is 1. The molecule has 136 valence electrons. The minimum atomic E-state index is -0.0914. The fourth-order valence-corrected chi connectivity index (χ4v) is 3.33. The Labute approximate surface area is 154 Å². The largest absolute Gasteiger partial charge is 0.383 e. The normalized spacial score (nSPS) is 10.9. The van der Waals surface area contributed by atoms with Gasteiger partial charge in [-0.05, 0) is 11.6 Å². The number of carbonyl (C=O) groups excluding carboxylic acids is 1. The molecule has 0 aliphatic heterocycles. The molecule has 4 nitrogen and oxygen atoms in total. The van der Waals surface area contributed by atoms with Crippen LogP contribution in [0.2, 0.25) is 0 Å². The molecule has 0 saturated heterocycles. The van der Waals surface area contributed by atoms with E-state index in [0.29, 0.717) is 16.8 Å². The van der Waals surface area contributed by atoms with Gasteiger partial charge in [0.25, 0.3) is 5.56 Å². The topological polar surface area (TPSA) is 51.1 Å². The maximum atomic E-state index is 12.8. The first-order valence-corrected chi connectivity index (χ1v) is 9.12. The summed E-state index contributed by atoms with van der Waals surface area (Å²) in [5, 5.41) is 3.87. The lowest BCUT2D eigenvalue weighted by Gasteiger charge is -2.23. The molecule has 0 spiro atoms. The Morgan fingerprint density at radius 1 is 0.808 bits per heavy atom. The first-order chi connectivity index (χ1) is 12.6. The fourth-order valence-electron chi connectivity index (χ4n) is 3.33. The van der Waals surface area contributed by atoms with Crippen LogP contribution in [0.3, 0.4) is 0 Å². The van der Waals surface area contributed by atoms with Crippen LogP contribution >= 0.6 is 0 Å². The summed E-state index contributed by atoms with van der Waals surface area (Å²) in [5.74, 6) is 0.00871. The van der Waals surface area contributed by atoms with Gasteiger partial charge in [-0.1, -0.05) is 64.1 Å². The molecular weight excluding hydrogens is 324 g/mol. The molecule has 0 fully saturated rings. The smallest absolute Gasteiger partial charge is 0.274 e. The van der Waals surface area contributed by atoms with E-state index < -0.39 is 0 Å². The van der Waals surface area contributed by atoms with Crippen LogP contribution in [-0.4, -0.2) is 17.4 Å². The number of hydrogen-bond acceptors (Lipinski definition) is 3. The molecule has 3 aromatic rings. The standard InChI is InChI=1S/C18H14N2O2.2C2H6/c1-19-16-15-10-6-3-4-7-11(10)17(21)12-8-5-9-13(14(12)15)20(2)18(16)22;2*1-2/h3-9,19H,1-2H3;2*1-2H3. The third-order valence-electron chi connectivity index (χ3n) is 4.36. The summed E-state index contributed by atoms with van der Waals surface area (Å²) in [5.41, 5.74) is 4.16. The molecule has 26 heavy (non-hydrogen) atoms. The van der Waals surface area contributed by atoms with Crippen molar-refractivity contribution in [2.45, 2.75) is 27.7 Å². The van der Waals surface area contributed by atoms with Gasteiger partial charge in [0.15, 0.2) is 5.78 Å². The van der Waals surface area contributed by atoms with Crippen molar-refractivity contribution < 1.29 is 4.79 Å². The molecule has 1 heterocycles. The number of hydrogen-bond donors (Lipinski definition) is 1. The monoisotopic (exact) mass is 350 g/mol. The van der Waals surface area contributed by atoms with Gasteiger partial charge < -0.3 is 9.88 Å². The number of ketones is 1. The van der Waals surface area contributed by atoms with Gasteiger partial charge in [0.05, 0.1) is 5.52 Å². The maximum absolute atomic E-state index is 12.8. The Morgan fingerprint density at radius 2 is 1.38 bits per heavy atom. The van der Waals surface area contributed by atoms with Crippen LogP contribution in [-0.2, 0) is 7.05 Å². The third-order valence-corrected chi connectivity index (χ3v) is 4.36. The van der Waals surface area contributed by atoms with E-state index in [1.807, 2.05) is 70.2 Å². The highest BCUT2D eigenvalue weighted by Crippen LogP contribution is 2.41. The zero-order chi connectivity index (χ0) is 19.4. The predicted molar refractivity (Wildman–Crippen MR) is 110 cm³/mol. The van der Waals surface area contributed by atoms with Crippen LogP contribution in [0, 0.1) is 0 Å². The average molecular weight is 350 g/mol. The summed E-state index contributed by atoms with van der Waals surface area (Å²) in [6.07, 6.45) is 0. The summed E-state index contributed by atoms with van der Waals surface area (Å²) >= 11 is 0. The molecule has 4 rings (SSSR count). The first kappa shape index (κ1) is 19.4. The number of carbonyl (C=O) groups is 1. The van der Waals surface area contributed by atoms with E-state index in [9.17, 15) is 9.59 Å². The molecule has 0 amide bonds. The summed E-state index contributed by atoms with van der Waals surface area (Å²) in [6.45, 7) is 8.00. The zero-order valence-corrected chi connectivity index (χ0v) is 16.3. The van der Waals surface area contributed by atoms with Crippen molar-refractivity contribution in [2.75, 3.05) is 12.4 Å². The van der Waals surface area contributed by atoms with Gasteiger partial charge in [-0.25, -0.2) is 0 Å². The first-order valence-electron chi connectivity index (χ1n) is 9.12. The van der Waals surface area contributed by atoms with E-state index in [1.165, 1.54) is 0 Å². The molecule has 0 bridgehead atoms. The molecule has 0 unspecified atom stereocenters. The van der Waals surface area contributed by atoms with Crippen molar-refractivity contribution in [1.29, 1.82) is 0 Å².